The quantitative estimate of drug-likeness (QED) is 0.851. The van der Waals surface area contributed by atoms with E-state index in [1.165, 1.54) is 16.7 Å². The molecular formula is C17H19NO2. The average Bonchev–Trinajstić information content (AvgIpc) is 2.86. The van der Waals surface area contributed by atoms with Gasteiger partial charge >= 0.3 is 0 Å². The molecule has 0 saturated heterocycles. The molecule has 0 radical (unpaired) electrons. The predicted molar refractivity (Wildman–Crippen MR) is 78.1 cm³/mol. The molecule has 104 valence electrons. The van der Waals surface area contributed by atoms with Crippen LogP contribution >= 0.6 is 0 Å². The summed E-state index contributed by atoms with van der Waals surface area (Å²) in [5, 5.41) is 10.2. The maximum atomic E-state index is 10.2. The lowest BCUT2D eigenvalue weighted by molar-refractivity contribution is 0.131. The second-order valence-electron chi connectivity index (χ2n) is 5.84. The number of rotatable bonds is 1. The molecule has 0 fully saturated rings. The summed E-state index contributed by atoms with van der Waals surface area (Å²) in [7, 11) is 1.61. The van der Waals surface area contributed by atoms with Gasteiger partial charge in [-0.2, -0.15) is 0 Å². The van der Waals surface area contributed by atoms with E-state index in [0.29, 0.717) is 5.75 Å². The van der Waals surface area contributed by atoms with E-state index >= 15 is 0 Å². The van der Waals surface area contributed by atoms with Crippen LogP contribution in [0, 0.1) is 0 Å². The Kier molecular flexibility index (Phi) is 2.48. The molecule has 1 aromatic rings. The molecule has 0 bridgehead atoms. The van der Waals surface area contributed by atoms with Gasteiger partial charge in [-0.1, -0.05) is 18.2 Å². The summed E-state index contributed by atoms with van der Waals surface area (Å²) in [6.45, 7) is 2.10. The summed E-state index contributed by atoms with van der Waals surface area (Å²) < 4.78 is 5.26. The first-order chi connectivity index (χ1) is 9.75. The summed E-state index contributed by atoms with van der Waals surface area (Å²) in [5.74, 6) is 0.840. The van der Waals surface area contributed by atoms with Gasteiger partial charge in [-0.05, 0) is 48.1 Å². The van der Waals surface area contributed by atoms with Crippen molar-refractivity contribution in [2.75, 3.05) is 20.2 Å². The highest BCUT2D eigenvalue weighted by Crippen LogP contribution is 2.51. The van der Waals surface area contributed by atoms with Crippen LogP contribution in [0.15, 0.2) is 35.9 Å². The average molecular weight is 269 g/mol. The van der Waals surface area contributed by atoms with Gasteiger partial charge in [0.25, 0.3) is 0 Å². The van der Waals surface area contributed by atoms with Crippen molar-refractivity contribution >= 4 is 0 Å². The highest BCUT2D eigenvalue weighted by atomic mass is 16.5. The summed E-state index contributed by atoms with van der Waals surface area (Å²) in [4.78, 5) is 2.56. The van der Waals surface area contributed by atoms with Gasteiger partial charge in [-0.25, -0.2) is 0 Å². The van der Waals surface area contributed by atoms with E-state index in [1.54, 1.807) is 7.11 Å². The standard InChI is InChI=1S/C17H19NO2/c1-20-16-10-12-5-8-18-9-6-13-4-2-3-7-17(13,18)14(12)11-15(16)19/h2,4,6,10-11,19H,3,5,7-9H2,1H3. The smallest absolute Gasteiger partial charge is 0.160 e. The maximum Gasteiger partial charge on any atom is 0.160 e. The van der Waals surface area contributed by atoms with Gasteiger partial charge in [0.1, 0.15) is 0 Å². The van der Waals surface area contributed by atoms with Gasteiger partial charge in [0.05, 0.1) is 12.6 Å². The highest BCUT2D eigenvalue weighted by Gasteiger charge is 2.48. The van der Waals surface area contributed by atoms with E-state index in [0.717, 1.165) is 32.4 Å². The van der Waals surface area contributed by atoms with Crippen LogP contribution in [0.4, 0.5) is 0 Å². The Hall–Kier alpha value is -1.74. The summed E-state index contributed by atoms with van der Waals surface area (Å²) >= 11 is 0. The van der Waals surface area contributed by atoms with Crippen molar-refractivity contribution in [3.05, 3.63) is 47.1 Å². The van der Waals surface area contributed by atoms with E-state index in [-0.39, 0.29) is 11.3 Å². The van der Waals surface area contributed by atoms with Gasteiger partial charge in [0, 0.05) is 13.1 Å². The van der Waals surface area contributed by atoms with Crippen molar-refractivity contribution in [1.82, 2.24) is 4.90 Å². The van der Waals surface area contributed by atoms with Crippen LogP contribution in [0.5, 0.6) is 11.5 Å². The lowest BCUT2D eigenvalue weighted by atomic mass is 9.72. The van der Waals surface area contributed by atoms with Crippen LogP contribution in [0.25, 0.3) is 0 Å². The Morgan fingerprint density at radius 2 is 2.25 bits per heavy atom. The second kappa shape index (κ2) is 4.13. The monoisotopic (exact) mass is 269 g/mol. The van der Waals surface area contributed by atoms with Crippen molar-refractivity contribution in [3.8, 4) is 11.5 Å². The van der Waals surface area contributed by atoms with Crippen LogP contribution < -0.4 is 4.74 Å². The summed E-state index contributed by atoms with van der Waals surface area (Å²) in [5.41, 5.74) is 3.98. The fraction of sp³-hybridized carbons (Fsp3) is 0.412. The van der Waals surface area contributed by atoms with E-state index in [9.17, 15) is 5.11 Å². The fourth-order valence-corrected chi connectivity index (χ4v) is 4.09. The maximum absolute atomic E-state index is 10.2. The van der Waals surface area contributed by atoms with Crippen molar-refractivity contribution in [1.29, 1.82) is 0 Å². The zero-order valence-corrected chi connectivity index (χ0v) is 11.7. The number of aromatic hydroxyl groups is 1. The SMILES string of the molecule is COc1cc2c(cc1O)C13CCC=CC1=CCN3CC2. The molecule has 0 amide bonds. The van der Waals surface area contributed by atoms with Crippen molar-refractivity contribution in [2.45, 2.75) is 24.8 Å². The van der Waals surface area contributed by atoms with E-state index in [2.05, 4.69) is 23.1 Å². The minimum absolute atomic E-state index is 0.00785. The first-order valence-electron chi connectivity index (χ1n) is 7.28. The molecule has 2 aliphatic heterocycles. The molecule has 1 atom stereocenters. The molecular weight excluding hydrogens is 250 g/mol. The Balaban J connectivity index is 1.94. The zero-order chi connectivity index (χ0) is 13.7. The molecule has 0 saturated carbocycles. The number of benzene rings is 1. The minimum atomic E-state index is -0.00785. The molecule has 1 N–H and O–H groups in total. The lowest BCUT2D eigenvalue weighted by Crippen LogP contribution is -2.48. The number of nitrogens with zero attached hydrogens (tertiary/aromatic N) is 1. The summed E-state index contributed by atoms with van der Waals surface area (Å²) in [6, 6.07) is 3.95. The van der Waals surface area contributed by atoms with Gasteiger partial charge in [-0.15, -0.1) is 0 Å². The molecule has 20 heavy (non-hydrogen) atoms. The number of ether oxygens (including phenoxy) is 1. The van der Waals surface area contributed by atoms with E-state index < -0.39 is 0 Å². The van der Waals surface area contributed by atoms with Crippen LogP contribution in [0.1, 0.15) is 24.0 Å². The number of phenolic OH excluding ortho intramolecular Hbond substituents is 1. The molecule has 1 aromatic carbocycles. The molecule has 1 aliphatic carbocycles. The molecule has 0 aromatic heterocycles. The topological polar surface area (TPSA) is 32.7 Å². The minimum Gasteiger partial charge on any atom is -0.504 e. The van der Waals surface area contributed by atoms with Crippen LogP contribution in [-0.2, 0) is 12.0 Å². The van der Waals surface area contributed by atoms with Crippen LogP contribution in [0.2, 0.25) is 0 Å². The first-order valence-corrected chi connectivity index (χ1v) is 7.28. The third-order valence-corrected chi connectivity index (χ3v) is 5.02. The van der Waals surface area contributed by atoms with Gasteiger partial charge in [0.15, 0.2) is 11.5 Å². The van der Waals surface area contributed by atoms with Gasteiger partial charge in [0.2, 0.25) is 0 Å². The Labute approximate surface area is 119 Å². The highest BCUT2D eigenvalue weighted by molar-refractivity contribution is 5.56. The Bertz CT molecular complexity index is 632. The first kappa shape index (κ1) is 12.0. The van der Waals surface area contributed by atoms with Crippen molar-refractivity contribution in [3.63, 3.8) is 0 Å². The van der Waals surface area contributed by atoms with E-state index in [1.807, 2.05) is 12.1 Å². The Morgan fingerprint density at radius 1 is 1.35 bits per heavy atom. The molecule has 1 unspecified atom stereocenters. The fourth-order valence-electron chi connectivity index (χ4n) is 4.09. The second-order valence-corrected chi connectivity index (χ2v) is 5.84. The van der Waals surface area contributed by atoms with Crippen LogP contribution in [-0.4, -0.2) is 30.2 Å². The molecule has 2 heterocycles. The molecule has 1 spiro atoms. The Morgan fingerprint density at radius 3 is 3.10 bits per heavy atom. The predicted octanol–water partition coefficient (Wildman–Crippen LogP) is 2.74. The molecule has 3 nitrogen and oxygen atoms in total. The number of hydrogen-bond donors (Lipinski definition) is 1. The van der Waals surface area contributed by atoms with E-state index in [4.69, 9.17) is 4.74 Å². The van der Waals surface area contributed by atoms with Gasteiger partial charge < -0.3 is 9.84 Å². The number of allylic oxidation sites excluding steroid dienone is 1. The number of phenols is 1. The number of hydrogen-bond acceptors (Lipinski definition) is 3. The largest absolute Gasteiger partial charge is 0.504 e. The molecule has 3 heteroatoms. The van der Waals surface area contributed by atoms with Crippen LogP contribution in [0.3, 0.4) is 0 Å². The number of methoxy groups -OCH3 is 1. The zero-order valence-electron chi connectivity index (χ0n) is 11.7. The third kappa shape index (κ3) is 1.39. The number of fused-ring (bicyclic) bond motifs is 1. The molecule has 4 rings (SSSR count). The van der Waals surface area contributed by atoms with Crippen molar-refractivity contribution < 1.29 is 9.84 Å². The molecule has 3 aliphatic rings. The third-order valence-electron chi connectivity index (χ3n) is 5.02. The van der Waals surface area contributed by atoms with Gasteiger partial charge in [-0.3, -0.25) is 4.90 Å². The normalized spacial score (nSPS) is 27.6. The summed E-state index contributed by atoms with van der Waals surface area (Å²) in [6.07, 6.45) is 10.1. The lowest BCUT2D eigenvalue weighted by Gasteiger charge is -2.47. The van der Waals surface area contributed by atoms with Crippen molar-refractivity contribution in [2.24, 2.45) is 0 Å².